The number of benzene rings is 1. The minimum atomic E-state index is -1.16. The van der Waals surface area contributed by atoms with E-state index in [2.05, 4.69) is 15.3 Å². The molecule has 0 spiro atoms. The molecular weight excluding hydrogens is 314 g/mol. The van der Waals surface area contributed by atoms with Crippen LogP contribution in [0.5, 0.6) is 0 Å². The molecule has 0 radical (unpaired) electrons. The molecule has 0 aliphatic heterocycles. The summed E-state index contributed by atoms with van der Waals surface area (Å²) in [6, 6.07) is 7.84. The molecule has 2 aromatic heterocycles. The number of aryl methyl sites for hydroxylation is 3. The van der Waals surface area contributed by atoms with Gasteiger partial charge in [0.25, 0.3) is 0 Å². The SMILES string of the molecule is Cc1cccc(-c2noc(CS(=O)Cc3c(C)noc3C)n2)c1. The van der Waals surface area contributed by atoms with Gasteiger partial charge in [0.2, 0.25) is 11.7 Å². The highest BCUT2D eigenvalue weighted by Crippen LogP contribution is 2.19. The molecule has 0 amide bonds. The second-order valence-electron chi connectivity index (χ2n) is 5.41. The van der Waals surface area contributed by atoms with Crippen molar-refractivity contribution in [2.45, 2.75) is 32.3 Å². The Labute approximate surface area is 136 Å². The summed E-state index contributed by atoms with van der Waals surface area (Å²) < 4.78 is 22.6. The molecule has 0 saturated heterocycles. The molecule has 1 atom stereocenters. The molecule has 3 aromatic rings. The van der Waals surface area contributed by atoms with E-state index >= 15 is 0 Å². The van der Waals surface area contributed by atoms with Crippen LogP contribution in [0.3, 0.4) is 0 Å². The molecule has 0 N–H and O–H groups in total. The maximum absolute atomic E-state index is 12.3. The van der Waals surface area contributed by atoms with Gasteiger partial charge in [-0.15, -0.1) is 0 Å². The van der Waals surface area contributed by atoms with Crippen molar-refractivity contribution in [3.63, 3.8) is 0 Å². The van der Waals surface area contributed by atoms with Crippen molar-refractivity contribution < 1.29 is 13.3 Å². The van der Waals surface area contributed by atoms with Crippen LogP contribution in [-0.4, -0.2) is 19.5 Å². The minimum Gasteiger partial charge on any atom is -0.361 e. The number of hydrogen-bond acceptors (Lipinski definition) is 6. The van der Waals surface area contributed by atoms with E-state index < -0.39 is 10.8 Å². The van der Waals surface area contributed by atoms with E-state index in [0.717, 1.165) is 22.4 Å². The first kappa shape index (κ1) is 15.6. The molecule has 6 nitrogen and oxygen atoms in total. The van der Waals surface area contributed by atoms with E-state index in [4.69, 9.17) is 9.05 Å². The van der Waals surface area contributed by atoms with Gasteiger partial charge in [-0.25, -0.2) is 0 Å². The van der Waals surface area contributed by atoms with Crippen molar-refractivity contribution in [1.82, 2.24) is 15.3 Å². The van der Waals surface area contributed by atoms with Crippen LogP contribution in [-0.2, 0) is 22.3 Å². The largest absolute Gasteiger partial charge is 0.361 e. The fourth-order valence-electron chi connectivity index (χ4n) is 2.27. The lowest BCUT2D eigenvalue weighted by atomic mass is 10.1. The van der Waals surface area contributed by atoms with Crippen molar-refractivity contribution >= 4 is 10.8 Å². The Morgan fingerprint density at radius 2 is 1.91 bits per heavy atom. The van der Waals surface area contributed by atoms with Crippen LogP contribution in [0.25, 0.3) is 11.4 Å². The second kappa shape index (κ2) is 6.45. The van der Waals surface area contributed by atoms with Gasteiger partial charge in [-0.2, -0.15) is 4.98 Å². The molecule has 120 valence electrons. The quantitative estimate of drug-likeness (QED) is 0.714. The maximum atomic E-state index is 12.3. The third-order valence-corrected chi connectivity index (χ3v) is 4.69. The smallest absolute Gasteiger partial charge is 0.239 e. The van der Waals surface area contributed by atoms with Crippen LogP contribution < -0.4 is 0 Å². The first-order valence-electron chi connectivity index (χ1n) is 7.19. The van der Waals surface area contributed by atoms with E-state index in [0.29, 0.717) is 23.2 Å². The highest BCUT2D eigenvalue weighted by Gasteiger charge is 2.16. The summed E-state index contributed by atoms with van der Waals surface area (Å²) in [5.41, 5.74) is 3.65. The van der Waals surface area contributed by atoms with Gasteiger partial charge >= 0.3 is 0 Å². The van der Waals surface area contributed by atoms with Crippen LogP contribution in [0.2, 0.25) is 0 Å². The Hall–Kier alpha value is -2.28. The zero-order chi connectivity index (χ0) is 16.4. The fourth-order valence-corrected chi connectivity index (χ4v) is 3.50. The molecule has 1 aromatic carbocycles. The zero-order valence-corrected chi connectivity index (χ0v) is 14.0. The standard InChI is InChI=1S/C16H17N3O3S/c1-10-5-4-6-13(7-10)16-17-15(22-19-16)9-23(20)8-14-11(2)18-21-12(14)3/h4-7H,8-9H2,1-3H3. The summed E-state index contributed by atoms with van der Waals surface area (Å²) in [6.45, 7) is 5.66. The van der Waals surface area contributed by atoms with Gasteiger partial charge in [0.15, 0.2) is 0 Å². The van der Waals surface area contributed by atoms with E-state index in [1.165, 1.54) is 0 Å². The predicted molar refractivity (Wildman–Crippen MR) is 86.0 cm³/mol. The van der Waals surface area contributed by atoms with Gasteiger partial charge in [-0.1, -0.05) is 34.1 Å². The highest BCUT2D eigenvalue weighted by molar-refractivity contribution is 7.83. The van der Waals surface area contributed by atoms with Gasteiger partial charge in [-0.05, 0) is 26.8 Å². The summed E-state index contributed by atoms with van der Waals surface area (Å²) >= 11 is 0. The molecular formula is C16H17N3O3S. The molecule has 3 rings (SSSR count). The van der Waals surface area contributed by atoms with Gasteiger partial charge in [0.05, 0.1) is 11.4 Å². The molecule has 1 unspecified atom stereocenters. The Kier molecular flexibility index (Phi) is 4.38. The highest BCUT2D eigenvalue weighted by atomic mass is 32.2. The zero-order valence-electron chi connectivity index (χ0n) is 13.2. The van der Waals surface area contributed by atoms with Crippen molar-refractivity contribution in [3.8, 4) is 11.4 Å². The van der Waals surface area contributed by atoms with Crippen LogP contribution in [0.1, 0.15) is 28.5 Å². The maximum Gasteiger partial charge on any atom is 0.239 e. The first-order valence-corrected chi connectivity index (χ1v) is 8.68. The Morgan fingerprint density at radius 3 is 2.61 bits per heavy atom. The van der Waals surface area contributed by atoms with E-state index in [1.807, 2.05) is 45.0 Å². The Balaban J connectivity index is 1.70. The van der Waals surface area contributed by atoms with Crippen molar-refractivity contribution in [2.24, 2.45) is 0 Å². The van der Waals surface area contributed by atoms with Crippen LogP contribution >= 0.6 is 0 Å². The third kappa shape index (κ3) is 3.56. The number of rotatable bonds is 5. The lowest BCUT2D eigenvalue weighted by molar-refractivity contribution is 0.390. The molecule has 0 aliphatic carbocycles. The summed E-state index contributed by atoms with van der Waals surface area (Å²) in [5, 5.41) is 7.83. The van der Waals surface area contributed by atoms with Gasteiger partial charge in [0.1, 0.15) is 11.5 Å². The van der Waals surface area contributed by atoms with Crippen molar-refractivity contribution in [3.05, 3.63) is 52.7 Å². The van der Waals surface area contributed by atoms with Gasteiger partial charge < -0.3 is 9.05 Å². The average Bonchev–Trinajstić information content (AvgIpc) is 3.09. The van der Waals surface area contributed by atoms with Crippen molar-refractivity contribution in [2.75, 3.05) is 0 Å². The molecule has 7 heteroatoms. The molecule has 0 bridgehead atoms. The van der Waals surface area contributed by atoms with Gasteiger partial charge in [0, 0.05) is 21.9 Å². The second-order valence-corrected chi connectivity index (χ2v) is 6.87. The minimum absolute atomic E-state index is 0.211. The normalized spacial score (nSPS) is 12.5. The third-order valence-electron chi connectivity index (χ3n) is 3.52. The molecule has 0 fully saturated rings. The summed E-state index contributed by atoms with van der Waals surface area (Å²) in [4.78, 5) is 4.33. The van der Waals surface area contributed by atoms with Crippen molar-refractivity contribution in [1.29, 1.82) is 0 Å². The van der Waals surface area contributed by atoms with E-state index in [9.17, 15) is 4.21 Å². The lowest BCUT2D eigenvalue weighted by Gasteiger charge is -1.98. The molecule has 0 saturated carbocycles. The lowest BCUT2D eigenvalue weighted by Crippen LogP contribution is -2.01. The Bertz CT molecular complexity index is 834. The van der Waals surface area contributed by atoms with Gasteiger partial charge in [-0.3, -0.25) is 4.21 Å². The van der Waals surface area contributed by atoms with Crippen LogP contribution in [0, 0.1) is 20.8 Å². The van der Waals surface area contributed by atoms with Crippen LogP contribution in [0.4, 0.5) is 0 Å². The Morgan fingerprint density at radius 1 is 1.09 bits per heavy atom. The molecule has 23 heavy (non-hydrogen) atoms. The summed E-state index contributed by atoms with van der Waals surface area (Å²) in [6.07, 6.45) is 0. The average molecular weight is 331 g/mol. The topological polar surface area (TPSA) is 82.0 Å². The van der Waals surface area contributed by atoms with E-state index in [-0.39, 0.29) is 5.75 Å². The number of nitrogens with zero attached hydrogens (tertiary/aromatic N) is 3. The summed E-state index contributed by atoms with van der Waals surface area (Å²) in [5.74, 6) is 2.15. The predicted octanol–water partition coefficient (Wildman–Crippen LogP) is 3.10. The number of aromatic nitrogens is 3. The fraction of sp³-hybridized carbons (Fsp3) is 0.312. The number of hydrogen-bond donors (Lipinski definition) is 0. The van der Waals surface area contributed by atoms with E-state index in [1.54, 1.807) is 0 Å². The molecule has 2 heterocycles. The van der Waals surface area contributed by atoms with Crippen LogP contribution in [0.15, 0.2) is 33.3 Å². The first-order chi connectivity index (χ1) is 11.0. The monoisotopic (exact) mass is 331 g/mol. The summed E-state index contributed by atoms with van der Waals surface area (Å²) in [7, 11) is -1.16. The molecule has 0 aliphatic rings.